The van der Waals surface area contributed by atoms with Gasteiger partial charge in [0, 0.05) is 22.8 Å². The van der Waals surface area contributed by atoms with Crippen molar-refractivity contribution in [1.29, 1.82) is 0 Å². The molecule has 0 aromatic heterocycles. The Bertz CT molecular complexity index is 243. The smallest absolute Gasteiger partial charge is 0.205 e. The standard InChI is InChI=1S/C4H7NO2S3/c1-10(6,7)9-4-5-2-3-8-4/h2-3H2,1H3. The molecule has 58 valence electrons. The molecule has 3 nitrogen and oxygen atoms in total. The molecule has 0 aromatic rings. The fourth-order valence-corrected chi connectivity index (χ4v) is 4.36. The molecule has 10 heavy (non-hydrogen) atoms. The Hall–Kier alpha value is 0.320. The van der Waals surface area contributed by atoms with Crippen LogP contribution < -0.4 is 0 Å². The first-order chi connectivity index (χ1) is 4.58. The van der Waals surface area contributed by atoms with Crippen LogP contribution in [0, 0.1) is 0 Å². The van der Waals surface area contributed by atoms with Gasteiger partial charge in [0.15, 0.2) is 0 Å². The van der Waals surface area contributed by atoms with E-state index in [4.69, 9.17) is 0 Å². The Balaban J connectivity index is 2.54. The Labute approximate surface area is 68.0 Å². The highest BCUT2D eigenvalue weighted by atomic mass is 33.1. The number of thioether (sulfide) groups is 1. The molecular formula is C4H7NO2S3. The van der Waals surface area contributed by atoms with Gasteiger partial charge in [-0.05, 0) is 0 Å². The van der Waals surface area contributed by atoms with Crippen molar-refractivity contribution in [3.8, 4) is 0 Å². The summed E-state index contributed by atoms with van der Waals surface area (Å²) in [7, 11) is -2.09. The van der Waals surface area contributed by atoms with Crippen LogP contribution in [0.2, 0.25) is 0 Å². The second-order valence-corrected chi connectivity index (χ2v) is 7.40. The summed E-state index contributed by atoms with van der Waals surface area (Å²) in [4.78, 5) is 3.98. The molecule has 1 heterocycles. The first-order valence-electron chi connectivity index (χ1n) is 2.65. The molecule has 1 aliphatic rings. The van der Waals surface area contributed by atoms with E-state index in [2.05, 4.69) is 4.99 Å². The van der Waals surface area contributed by atoms with Gasteiger partial charge in [-0.3, -0.25) is 4.99 Å². The second kappa shape index (κ2) is 3.15. The van der Waals surface area contributed by atoms with Gasteiger partial charge in [-0.25, -0.2) is 8.42 Å². The molecule has 0 bridgehead atoms. The molecule has 0 saturated heterocycles. The lowest BCUT2D eigenvalue weighted by Crippen LogP contribution is -1.91. The van der Waals surface area contributed by atoms with Gasteiger partial charge in [0.1, 0.15) is 4.38 Å². The molecule has 0 N–H and O–H groups in total. The molecule has 0 unspecified atom stereocenters. The van der Waals surface area contributed by atoms with Crippen LogP contribution in [-0.4, -0.2) is 31.3 Å². The van der Waals surface area contributed by atoms with Crippen molar-refractivity contribution < 1.29 is 8.42 Å². The van der Waals surface area contributed by atoms with Gasteiger partial charge in [-0.2, -0.15) is 0 Å². The molecule has 1 rings (SSSR count). The molecule has 0 spiro atoms. The average molecular weight is 197 g/mol. The van der Waals surface area contributed by atoms with Crippen LogP contribution in [-0.2, 0) is 8.87 Å². The second-order valence-electron chi connectivity index (χ2n) is 1.78. The van der Waals surface area contributed by atoms with Crippen LogP contribution in [0.4, 0.5) is 0 Å². The summed E-state index contributed by atoms with van der Waals surface area (Å²) < 4.78 is 22.0. The Morgan fingerprint density at radius 3 is 2.80 bits per heavy atom. The Kier molecular flexibility index (Phi) is 2.65. The first kappa shape index (κ1) is 8.42. The zero-order valence-corrected chi connectivity index (χ0v) is 7.85. The summed E-state index contributed by atoms with van der Waals surface area (Å²) >= 11 is 1.50. The van der Waals surface area contributed by atoms with Gasteiger partial charge >= 0.3 is 0 Å². The van der Waals surface area contributed by atoms with Crippen molar-refractivity contribution >= 4 is 35.8 Å². The van der Waals surface area contributed by atoms with Gasteiger partial charge in [0.2, 0.25) is 8.87 Å². The zero-order chi connectivity index (χ0) is 7.61. The van der Waals surface area contributed by atoms with Crippen molar-refractivity contribution in [2.24, 2.45) is 4.99 Å². The lowest BCUT2D eigenvalue weighted by Gasteiger charge is -1.93. The molecule has 0 radical (unpaired) electrons. The minimum absolute atomic E-state index is 0.683. The predicted molar refractivity (Wildman–Crippen MR) is 47.2 cm³/mol. The molecule has 0 amide bonds. The lowest BCUT2D eigenvalue weighted by molar-refractivity contribution is 0.616. The van der Waals surface area contributed by atoms with E-state index in [1.165, 1.54) is 18.0 Å². The third-order valence-electron chi connectivity index (χ3n) is 0.780. The number of hydrogen-bond acceptors (Lipinski definition) is 5. The highest BCUT2D eigenvalue weighted by Crippen LogP contribution is 2.25. The van der Waals surface area contributed by atoms with Gasteiger partial charge in [-0.15, -0.1) is 0 Å². The molecular weight excluding hydrogens is 190 g/mol. The third kappa shape index (κ3) is 2.94. The van der Waals surface area contributed by atoms with E-state index in [1.807, 2.05) is 0 Å². The summed E-state index contributed by atoms with van der Waals surface area (Å²) in [6, 6.07) is 0. The number of rotatable bonds is 1. The summed E-state index contributed by atoms with van der Waals surface area (Å²) in [6.45, 7) is 0.753. The maximum atomic E-state index is 10.7. The van der Waals surface area contributed by atoms with E-state index in [-0.39, 0.29) is 0 Å². The first-order valence-corrected chi connectivity index (χ1v) is 6.86. The topological polar surface area (TPSA) is 46.5 Å². The van der Waals surface area contributed by atoms with Crippen LogP contribution in [0.1, 0.15) is 0 Å². The van der Waals surface area contributed by atoms with Crippen LogP contribution in [0.15, 0.2) is 4.99 Å². The monoisotopic (exact) mass is 197 g/mol. The van der Waals surface area contributed by atoms with E-state index >= 15 is 0 Å². The van der Waals surface area contributed by atoms with Crippen molar-refractivity contribution in [3.63, 3.8) is 0 Å². The Morgan fingerprint density at radius 2 is 2.40 bits per heavy atom. The fraction of sp³-hybridized carbons (Fsp3) is 0.750. The predicted octanol–water partition coefficient (Wildman–Crippen LogP) is 0.782. The molecule has 0 aromatic carbocycles. The fourth-order valence-electron chi connectivity index (χ4n) is 0.495. The minimum atomic E-state index is -2.94. The van der Waals surface area contributed by atoms with E-state index in [0.29, 0.717) is 4.38 Å². The summed E-state index contributed by atoms with van der Waals surface area (Å²) in [6.07, 6.45) is 1.19. The third-order valence-corrected chi connectivity index (χ3v) is 4.42. The van der Waals surface area contributed by atoms with Crippen molar-refractivity contribution in [3.05, 3.63) is 0 Å². The van der Waals surface area contributed by atoms with Crippen molar-refractivity contribution in [2.45, 2.75) is 0 Å². The van der Waals surface area contributed by atoms with E-state index in [1.54, 1.807) is 0 Å². The largest absolute Gasteiger partial charge is 0.270 e. The van der Waals surface area contributed by atoms with Gasteiger partial charge in [0.05, 0.1) is 6.54 Å². The maximum absolute atomic E-state index is 10.7. The van der Waals surface area contributed by atoms with Gasteiger partial charge in [0.25, 0.3) is 0 Å². The maximum Gasteiger partial charge on any atom is 0.205 e. The lowest BCUT2D eigenvalue weighted by atomic mass is 10.8. The van der Waals surface area contributed by atoms with Gasteiger partial charge in [-0.1, -0.05) is 11.8 Å². The average Bonchev–Trinajstić information content (AvgIpc) is 2.12. The van der Waals surface area contributed by atoms with Crippen LogP contribution in [0.3, 0.4) is 0 Å². The molecule has 0 fully saturated rings. The van der Waals surface area contributed by atoms with E-state index < -0.39 is 8.87 Å². The van der Waals surface area contributed by atoms with Crippen LogP contribution in [0.25, 0.3) is 0 Å². The minimum Gasteiger partial charge on any atom is -0.270 e. The molecule has 0 aliphatic carbocycles. The normalized spacial score (nSPS) is 19.1. The number of hydrogen-bond donors (Lipinski definition) is 0. The summed E-state index contributed by atoms with van der Waals surface area (Å²) in [5.74, 6) is 0.915. The SMILES string of the molecule is CS(=O)(=O)SC1=NCCS1. The highest BCUT2D eigenvalue weighted by molar-refractivity contribution is 8.82. The van der Waals surface area contributed by atoms with Gasteiger partial charge < -0.3 is 0 Å². The summed E-state index contributed by atoms with van der Waals surface area (Å²) in [5, 5.41) is 0. The zero-order valence-electron chi connectivity index (χ0n) is 5.40. The number of nitrogens with zero attached hydrogens (tertiary/aromatic N) is 1. The highest BCUT2D eigenvalue weighted by Gasteiger charge is 2.13. The molecule has 6 heteroatoms. The van der Waals surface area contributed by atoms with Crippen molar-refractivity contribution in [2.75, 3.05) is 18.6 Å². The quantitative estimate of drug-likeness (QED) is 0.583. The Morgan fingerprint density at radius 1 is 1.70 bits per heavy atom. The van der Waals surface area contributed by atoms with E-state index in [0.717, 1.165) is 23.1 Å². The summed E-state index contributed by atoms with van der Waals surface area (Å²) in [5.41, 5.74) is 0. The number of aliphatic imine (C=N–C) groups is 1. The molecule has 0 saturated carbocycles. The van der Waals surface area contributed by atoms with Crippen molar-refractivity contribution in [1.82, 2.24) is 0 Å². The van der Waals surface area contributed by atoms with Crippen LogP contribution in [0.5, 0.6) is 0 Å². The van der Waals surface area contributed by atoms with E-state index in [9.17, 15) is 8.42 Å². The molecule has 1 aliphatic heterocycles. The van der Waals surface area contributed by atoms with Crippen LogP contribution >= 0.6 is 22.6 Å². The molecule has 0 atom stereocenters.